The molecule has 1 aliphatic heterocycles. The van der Waals surface area contributed by atoms with Gasteiger partial charge in [0.1, 0.15) is 0 Å². The molecule has 17 heavy (non-hydrogen) atoms. The number of aliphatic hydroxyl groups is 1. The molecule has 1 aliphatic rings. The molecule has 4 nitrogen and oxygen atoms in total. The van der Waals surface area contributed by atoms with Gasteiger partial charge in [0.05, 0.1) is 13.2 Å². The first kappa shape index (κ1) is 14.9. The highest BCUT2D eigenvalue weighted by Gasteiger charge is 2.20. The Morgan fingerprint density at radius 3 is 2.88 bits per heavy atom. The highest BCUT2D eigenvalue weighted by Crippen LogP contribution is 2.18. The zero-order chi connectivity index (χ0) is 12.7. The monoisotopic (exact) mass is 244 g/mol. The first-order chi connectivity index (χ1) is 8.03. The first-order valence-electron chi connectivity index (χ1n) is 6.69. The van der Waals surface area contributed by atoms with Crippen LogP contribution in [0.2, 0.25) is 0 Å². The maximum atomic E-state index is 8.97. The van der Waals surface area contributed by atoms with Gasteiger partial charge in [-0.15, -0.1) is 0 Å². The fourth-order valence-corrected chi connectivity index (χ4v) is 2.12. The standard InChI is InChI=1S/C13H28N2O2/c1-11(8-12-9-17-7-5-14-12)15-10-13(2,3)4-6-16/h11-12,14-16H,4-10H2,1-3H3. The van der Waals surface area contributed by atoms with Gasteiger partial charge in [-0.25, -0.2) is 0 Å². The predicted octanol–water partition coefficient (Wildman–Crippen LogP) is 0.752. The highest BCUT2D eigenvalue weighted by atomic mass is 16.5. The van der Waals surface area contributed by atoms with Gasteiger partial charge in [0, 0.05) is 31.8 Å². The van der Waals surface area contributed by atoms with Gasteiger partial charge in [-0.3, -0.25) is 0 Å². The summed E-state index contributed by atoms with van der Waals surface area (Å²) in [5, 5.41) is 16.0. The number of rotatable bonds is 7. The smallest absolute Gasteiger partial charge is 0.0620 e. The normalized spacial score (nSPS) is 23.6. The SMILES string of the molecule is CC(CC1COCCN1)NCC(C)(C)CCO. The van der Waals surface area contributed by atoms with E-state index in [-0.39, 0.29) is 12.0 Å². The maximum absolute atomic E-state index is 8.97. The molecule has 0 aliphatic carbocycles. The van der Waals surface area contributed by atoms with E-state index in [1.807, 2.05) is 0 Å². The van der Waals surface area contributed by atoms with E-state index in [4.69, 9.17) is 9.84 Å². The van der Waals surface area contributed by atoms with Gasteiger partial charge in [0.25, 0.3) is 0 Å². The molecule has 1 fully saturated rings. The van der Waals surface area contributed by atoms with Crippen molar-refractivity contribution in [2.24, 2.45) is 5.41 Å². The Morgan fingerprint density at radius 2 is 2.29 bits per heavy atom. The second-order valence-corrected chi connectivity index (χ2v) is 5.88. The van der Waals surface area contributed by atoms with Crippen molar-refractivity contribution in [1.82, 2.24) is 10.6 Å². The molecule has 0 bridgehead atoms. The lowest BCUT2D eigenvalue weighted by atomic mass is 9.89. The first-order valence-corrected chi connectivity index (χ1v) is 6.69. The van der Waals surface area contributed by atoms with Gasteiger partial charge < -0.3 is 20.5 Å². The lowest BCUT2D eigenvalue weighted by Gasteiger charge is -2.30. The molecule has 3 N–H and O–H groups in total. The van der Waals surface area contributed by atoms with Gasteiger partial charge in [0.2, 0.25) is 0 Å². The zero-order valence-electron chi connectivity index (χ0n) is 11.5. The van der Waals surface area contributed by atoms with Crippen molar-refractivity contribution < 1.29 is 9.84 Å². The van der Waals surface area contributed by atoms with Gasteiger partial charge in [-0.2, -0.15) is 0 Å². The van der Waals surface area contributed by atoms with E-state index in [2.05, 4.69) is 31.4 Å². The van der Waals surface area contributed by atoms with Crippen molar-refractivity contribution in [3.63, 3.8) is 0 Å². The molecule has 2 unspecified atom stereocenters. The van der Waals surface area contributed by atoms with E-state index in [0.29, 0.717) is 12.1 Å². The minimum Gasteiger partial charge on any atom is -0.396 e. The molecule has 1 rings (SSSR count). The molecule has 102 valence electrons. The Balaban J connectivity index is 2.17. The zero-order valence-corrected chi connectivity index (χ0v) is 11.5. The quantitative estimate of drug-likeness (QED) is 0.619. The number of morpholine rings is 1. The third-order valence-corrected chi connectivity index (χ3v) is 3.35. The maximum Gasteiger partial charge on any atom is 0.0620 e. The molecule has 1 heterocycles. The minimum absolute atomic E-state index is 0.166. The van der Waals surface area contributed by atoms with E-state index >= 15 is 0 Å². The largest absolute Gasteiger partial charge is 0.396 e. The highest BCUT2D eigenvalue weighted by molar-refractivity contribution is 4.78. The third kappa shape index (κ3) is 6.36. The summed E-state index contributed by atoms with van der Waals surface area (Å²) in [7, 11) is 0. The number of hydrogen-bond donors (Lipinski definition) is 3. The van der Waals surface area contributed by atoms with Gasteiger partial charge >= 0.3 is 0 Å². The molecule has 0 aromatic carbocycles. The molecule has 0 amide bonds. The van der Waals surface area contributed by atoms with Crippen molar-refractivity contribution >= 4 is 0 Å². The lowest BCUT2D eigenvalue weighted by molar-refractivity contribution is 0.0706. The molecular weight excluding hydrogens is 216 g/mol. The van der Waals surface area contributed by atoms with Crippen molar-refractivity contribution in [3.8, 4) is 0 Å². The molecule has 1 saturated heterocycles. The fraction of sp³-hybridized carbons (Fsp3) is 1.00. The molecule has 4 heteroatoms. The van der Waals surface area contributed by atoms with Crippen LogP contribution in [0.5, 0.6) is 0 Å². The summed E-state index contributed by atoms with van der Waals surface area (Å²) < 4.78 is 5.44. The molecule has 0 spiro atoms. The summed E-state index contributed by atoms with van der Waals surface area (Å²) >= 11 is 0. The number of hydrogen-bond acceptors (Lipinski definition) is 4. The second-order valence-electron chi connectivity index (χ2n) is 5.88. The summed E-state index contributed by atoms with van der Waals surface area (Å²) in [6.07, 6.45) is 1.94. The average Bonchev–Trinajstić information content (AvgIpc) is 2.28. The Bertz CT molecular complexity index is 204. The topological polar surface area (TPSA) is 53.5 Å². The van der Waals surface area contributed by atoms with Crippen LogP contribution >= 0.6 is 0 Å². The molecule has 0 saturated carbocycles. The van der Waals surface area contributed by atoms with Crippen LogP contribution in [0, 0.1) is 5.41 Å². The summed E-state index contributed by atoms with van der Waals surface area (Å²) in [4.78, 5) is 0. The van der Waals surface area contributed by atoms with Crippen LogP contribution in [0.4, 0.5) is 0 Å². The van der Waals surface area contributed by atoms with Crippen molar-refractivity contribution in [3.05, 3.63) is 0 Å². The van der Waals surface area contributed by atoms with Crippen molar-refractivity contribution in [1.29, 1.82) is 0 Å². The lowest BCUT2D eigenvalue weighted by Crippen LogP contribution is -2.46. The third-order valence-electron chi connectivity index (χ3n) is 3.35. The van der Waals surface area contributed by atoms with Crippen LogP contribution in [-0.2, 0) is 4.74 Å². The Morgan fingerprint density at radius 1 is 1.53 bits per heavy atom. The van der Waals surface area contributed by atoms with Crippen LogP contribution in [0.3, 0.4) is 0 Å². The second kappa shape index (κ2) is 7.31. The summed E-state index contributed by atoms with van der Waals surface area (Å²) in [6.45, 7) is 10.4. The summed E-state index contributed by atoms with van der Waals surface area (Å²) in [6, 6.07) is 0.958. The Kier molecular flexibility index (Phi) is 6.41. The molecule has 0 aromatic rings. The summed E-state index contributed by atoms with van der Waals surface area (Å²) in [5.41, 5.74) is 0.166. The molecule has 2 atom stereocenters. The van der Waals surface area contributed by atoms with Gasteiger partial charge in [0.15, 0.2) is 0 Å². The van der Waals surface area contributed by atoms with Crippen LogP contribution in [-0.4, -0.2) is 50.1 Å². The van der Waals surface area contributed by atoms with E-state index in [1.165, 1.54) is 0 Å². The molecular formula is C13H28N2O2. The molecule has 0 aromatic heterocycles. The van der Waals surface area contributed by atoms with Gasteiger partial charge in [-0.05, 0) is 25.2 Å². The van der Waals surface area contributed by atoms with Crippen LogP contribution in [0.1, 0.15) is 33.6 Å². The number of ether oxygens (including phenoxy) is 1. The Hall–Kier alpha value is -0.160. The van der Waals surface area contributed by atoms with E-state index < -0.39 is 0 Å². The number of nitrogens with one attached hydrogen (secondary N) is 2. The summed E-state index contributed by atoms with van der Waals surface area (Å²) in [5.74, 6) is 0. The fourth-order valence-electron chi connectivity index (χ4n) is 2.12. The minimum atomic E-state index is 0.166. The van der Waals surface area contributed by atoms with Crippen LogP contribution < -0.4 is 10.6 Å². The van der Waals surface area contributed by atoms with Crippen molar-refractivity contribution in [2.75, 3.05) is 32.9 Å². The van der Waals surface area contributed by atoms with Crippen LogP contribution in [0.25, 0.3) is 0 Å². The van der Waals surface area contributed by atoms with Gasteiger partial charge in [-0.1, -0.05) is 13.8 Å². The van der Waals surface area contributed by atoms with E-state index in [9.17, 15) is 0 Å². The van der Waals surface area contributed by atoms with E-state index in [1.54, 1.807) is 0 Å². The average molecular weight is 244 g/mol. The number of aliphatic hydroxyl groups excluding tert-OH is 1. The molecule has 0 radical (unpaired) electrons. The van der Waals surface area contributed by atoms with Crippen molar-refractivity contribution in [2.45, 2.75) is 45.7 Å². The van der Waals surface area contributed by atoms with E-state index in [0.717, 1.165) is 39.1 Å². The predicted molar refractivity (Wildman–Crippen MR) is 70.2 cm³/mol. The van der Waals surface area contributed by atoms with Crippen LogP contribution in [0.15, 0.2) is 0 Å². The Labute approximate surface area is 105 Å².